The van der Waals surface area contributed by atoms with Crippen LogP contribution in [-0.2, 0) is 9.47 Å². The molecule has 120 valence electrons. The highest BCUT2D eigenvalue weighted by Gasteiger charge is 2.39. The van der Waals surface area contributed by atoms with Crippen molar-refractivity contribution in [3.05, 3.63) is 0 Å². The molecule has 0 aromatic heterocycles. The zero-order valence-corrected chi connectivity index (χ0v) is 13.4. The lowest BCUT2D eigenvalue weighted by Crippen LogP contribution is -2.48. The van der Waals surface area contributed by atoms with E-state index >= 15 is 0 Å². The van der Waals surface area contributed by atoms with Crippen LogP contribution in [0.2, 0.25) is 0 Å². The number of methoxy groups -OCH3 is 2. The number of ether oxygens (including phenoxy) is 2. The highest BCUT2D eigenvalue weighted by Crippen LogP contribution is 2.32. The lowest BCUT2D eigenvalue weighted by molar-refractivity contribution is 0.0984. The van der Waals surface area contributed by atoms with Gasteiger partial charge in [0.05, 0.1) is 13.2 Å². The van der Waals surface area contributed by atoms with Crippen molar-refractivity contribution in [2.75, 3.05) is 53.7 Å². The molecule has 5 nitrogen and oxygen atoms in total. The van der Waals surface area contributed by atoms with Crippen LogP contribution >= 0.6 is 0 Å². The predicted molar refractivity (Wildman–Crippen MR) is 81.1 cm³/mol. The second kappa shape index (κ2) is 9.68. The molecule has 5 heteroatoms. The fourth-order valence-corrected chi connectivity index (χ4v) is 3.24. The number of likely N-dealkylation sites (N-methyl/N-ethyl adjacent to an activating group) is 1. The van der Waals surface area contributed by atoms with Gasteiger partial charge in [-0.25, -0.2) is 0 Å². The summed E-state index contributed by atoms with van der Waals surface area (Å²) in [4.78, 5) is 2.50. The molecule has 0 saturated heterocycles. The van der Waals surface area contributed by atoms with Crippen LogP contribution in [0, 0.1) is 0 Å². The summed E-state index contributed by atoms with van der Waals surface area (Å²) < 4.78 is 10.4. The van der Waals surface area contributed by atoms with Crippen LogP contribution in [0.1, 0.15) is 32.6 Å². The Morgan fingerprint density at radius 2 is 2.00 bits per heavy atom. The first-order valence-corrected chi connectivity index (χ1v) is 7.79. The standard InChI is InChI=1S/C15H32N2O3/c1-4-16-15(13-18)7-6-14(12-15)17(9-11-20-3)8-5-10-19-2/h14,16,18H,4-13H2,1-3H3. The van der Waals surface area contributed by atoms with Gasteiger partial charge < -0.3 is 19.9 Å². The number of hydrogen-bond acceptors (Lipinski definition) is 5. The lowest BCUT2D eigenvalue weighted by atomic mass is 9.98. The van der Waals surface area contributed by atoms with Gasteiger partial charge >= 0.3 is 0 Å². The van der Waals surface area contributed by atoms with Crippen molar-refractivity contribution >= 4 is 0 Å². The first-order chi connectivity index (χ1) is 9.71. The Bertz CT molecular complexity index is 251. The monoisotopic (exact) mass is 288 g/mol. The molecule has 0 aliphatic heterocycles. The smallest absolute Gasteiger partial charge is 0.0613 e. The second-order valence-electron chi connectivity index (χ2n) is 5.74. The Labute approximate surface area is 123 Å². The van der Waals surface area contributed by atoms with E-state index in [9.17, 15) is 5.11 Å². The average molecular weight is 288 g/mol. The van der Waals surface area contributed by atoms with E-state index in [2.05, 4.69) is 17.1 Å². The number of nitrogens with one attached hydrogen (secondary N) is 1. The number of aliphatic hydroxyl groups excluding tert-OH is 1. The fraction of sp³-hybridized carbons (Fsp3) is 1.00. The Morgan fingerprint density at radius 1 is 1.25 bits per heavy atom. The maximum Gasteiger partial charge on any atom is 0.0613 e. The van der Waals surface area contributed by atoms with Gasteiger partial charge in [-0.05, 0) is 32.2 Å². The Balaban J connectivity index is 2.53. The maximum absolute atomic E-state index is 9.71. The zero-order chi connectivity index (χ0) is 14.8. The lowest BCUT2D eigenvalue weighted by Gasteiger charge is -2.32. The fourth-order valence-electron chi connectivity index (χ4n) is 3.24. The molecule has 20 heavy (non-hydrogen) atoms. The van der Waals surface area contributed by atoms with Crippen LogP contribution in [0.3, 0.4) is 0 Å². The Kier molecular flexibility index (Phi) is 8.64. The van der Waals surface area contributed by atoms with Gasteiger partial charge in [0, 0.05) is 45.5 Å². The van der Waals surface area contributed by atoms with Gasteiger partial charge in [0.1, 0.15) is 0 Å². The van der Waals surface area contributed by atoms with E-state index in [0.29, 0.717) is 6.04 Å². The molecule has 1 aliphatic rings. The van der Waals surface area contributed by atoms with Crippen molar-refractivity contribution in [1.29, 1.82) is 0 Å². The zero-order valence-electron chi connectivity index (χ0n) is 13.4. The highest BCUT2D eigenvalue weighted by molar-refractivity contribution is 4.99. The molecule has 0 bridgehead atoms. The molecule has 2 N–H and O–H groups in total. The summed E-state index contributed by atoms with van der Waals surface area (Å²) in [5, 5.41) is 13.2. The molecule has 0 amide bonds. The molecule has 1 fully saturated rings. The number of aliphatic hydroxyl groups is 1. The van der Waals surface area contributed by atoms with Crippen molar-refractivity contribution in [3.8, 4) is 0 Å². The van der Waals surface area contributed by atoms with Crippen LogP contribution in [0.15, 0.2) is 0 Å². The van der Waals surface area contributed by atoms with E-state index in [4.69, 9.17) is 9.47 Å². The summed E-state index contributed by atoms with van der Waals surface area (Å²) in [5.41, 5.74) is -0.0774. The molecule has 2 atom stereocenters. The minimum absolute atomic E-state index is 0.0774. The molecular formula is C15H32N2O3. The third-order valence-electron chi connectivity index (χ3n) is 4.33. The third kappa shape index (κ3) is 5.30. The van der Waals surface area contributed by atoms with E-state index in [1.165, 1.54) is 0 Å². The van der Waals surface area contributed by atoms with Crippen molar-refractivity contribution in [3.63, 3.8) is 0 Å². The topological polar surface area (TPSA) is 54.0 Å². The van der Waals surface area contributed by atoms with E-state index in [-0.39, 0.29) is 12.1 Å². The summed E-state index contributed by atoms with van der Waals surface area (Å²) in [6.07, 6.45) is 4.26. The van der Waals surface area contributed by atoms with Crippen LogP contribution in [0.4, 0.5) is 0 Å². The van der Waals surface area contributed by atoms with Crippen LogP contribution in [0.25, 0.3) is 0 Å². The summed E-state index contributed by atoms with van der Waals surface area (Å²) in [5.74, 6) is 0. The predicted octanol–water partition coefficient (Wildman–Crippen LogP) is 0.864. The molecule has 1 rings (SSSR count). The van der Waals surface area contributed by atoms with Gasteiger partial charge in [-0.2, -0.15) is 0 Å². The molecule has 0 aromatic rings. The van der Waals surface area contributed by atoms with Gasteiger partial charge in [0.15, 0.2) is 0 Å². The van der Waals surface area contributed by atoms with Gasteiger partial charge in [0.25, 0.3) is 0 Å². The summed E-state index contributed by atoms with van der Waals surface area (Å²) in [6, 6.07) is 0.535. The van der Waals surface area contributed by atoms with Gasteiger partial charge in [-0.3, -0.25) is 4.90 Å². The molecule has 1 aliphatic carbocycles. The van der Waals surface area contributed by atoms with Gasteiger partial charge in [-0.15, -0.1) is 0 Å². The number of hydrogen-bond donors (Lipinski definition) is 2. The van der Waals surface area contributed by atoms with E-state index in [1.807, 2.05) is 0 Å². The SMILES string of the molecule is CCNC1(CO)CCC(N(CCCOC)CCOC)C1. The van der Waals surface area contributed by atoms with Crippen molar-refractivity contribution < 1.29 is 14.6 Å². The van der Waals surface area contributed by atoms with Crippen molar-refractivity contribution in [2.45, 2.75) is 44.2 Å². The van der Waals surface area contributed by atoms with Crippen LogP contribution in [-0.4, -0.2) is 75.3 Å². The van der Waals surface area contributed by atoms with E-state index < -0.39 is 0 Å². The average Bonchev–Trinajstić information content (AvgIpc) is 2.88. The normalized spacial score (nSPS) is 26.6. The number of nitrogens with zero attached hydrogens (tertiary/aromatic N) is 1. The number of rotatable bonds is 11. The molecule has 0 radical (unpaired) electrons. The Morgan fingerprint density at radius 3 is 2.60 bits per heavy atom. The maximum atomic E-state index is 9.71. The summed E-state index contributed by atoms with van der Waals surface area (Å²) >= 11 is 0. The van der Waals surface area contributed by atoms with Crippen LogP contribution < -0.4 is 5.32 Å². The van der Waals surface area contributed by atoms with E-state index in [1.54, 1.807) is 14.2 Å². The first-order valence-electron chi connectivity index (χ1n) is 7.79. The van der Waals surface area contributed by atoms with Crippen molar-refractivity contribution in [2.24, 2.45) is 0 Å². The van der Waals surface area contributed by atoms with Gasteiger partial charge in [0.2, 0.25) is 0 Å². The minimum Gasteiger partial charge on any atom is -0.394 e. The second-order valence-corrected chi connectivity index (χ2v) is 5.74. The van der Waals surface area contributed by atoms with E-state index in [0.717, 1.165) is 58.5 Å². The molecule has 2 unspecified atom stereocenters. The molecule has 0 spiro atoms. The van der Waals surface area contributed by atoms with Crippen molar-refractivity contribution in [1.82, 2.24) is 10.2 Å². The first kappa shape index (κ1) is 17.9. The third-order valence-corrected chi connectivity index (χ3v) is 4.33. The molecule has 0 aromatic carbocycles. The Hall–Kier alpha value is -0.200. The van der Waals surface area contributed by atoms with Crippen LogP contribution in [0.5, 0.6) is 0 Å². The summed E-state index contributed by atoms with van der Waals surface area (Å²) in [6.45, 7) is 6.80. The minimum atomic E-state index is -0.0774. The largest absolute Gasteiger partial charge is 0.394 e. The molecule has 0 heterocycles. The quantitative estimate of drug-likeness (QED) is 0.552. The van der Waals surface area contributed by atoms with Gasteiger partial charge in [-0.1, -0.05) is 6.92 Å². The molecule has 1 saturated carbocycles. The molecular weight excluding hydrogens is 256 g/mol. The summed E-state index contributed by atoms with van der Waals surface area (Å²) in [7, 11) is 3.50. The highest BCUT2D eigenvalue weighted by atomic mass is 16.5.